The third kappa shape index (κ3) is 2.80. The van der Waals surface area contributed by atoms with E-state index in [0.717, 1.165) is 5.69 Å². The average molecular weight is 324 g/mol. The number of Topliss-reactive ketones (excluding diaryl/α,β-unsaturated/α-hetero) is 1. The number of pyridine rings is 1. The summed E-state index contributed by atoms with van der Waals surface area (Å²) in [6.07, 6.45) is 1.58. The normalized spacial score (nSPS) is 10.8. The maximum absolute atomic E-state index is 14.1. The van der Waals surface area contributed by atoms with Crippen molar-refractivity contribution in [3.05, 3.63) is 87.9 Å². The van der Waals surface area contributed by atoms with Crippen molar-refractivity contribution in [3.8, 4) is 5.69 Å². The zero-order valence-electron chi connectivity index (χ0n) is 13.5. The molecule has 3 rings (SSSR count). The van der Waals surface area contributed by atoms with E-state index in [9.17, 15) is 14.0 Å². The minimum Gasteiger partial charge on any atom is -0.315 e. The van der Waals surface area contributed by atoms with Gasteiger partial charge in [0.2, 0.25) is 0 Å². The Morgan fingerprint density at radius 2 is 1.79 bits per heavy atom. The summed E-state index contributed by atoms with van der Waals surface area (Å²) in [5, 5.41) is 0. The van der Waals surface area contributed by atoms with Gasteiger partial charge in [-0.15, -0.1) is 0 Å². The van der Waals surface area contributed by atoms with Crippen molar-refractivity contribution in [2.45, 2.75) is 20.4 Å². The maximum atomic E-state index is 14.1. The molecule has 122 valence electrons. The van der Waals surface area contributed by atoms with Gasteiger partial charge in [-0.05, 0) is 38.1 Å². The van der Waals surface area contributed by atoms with E-state index in [0.29, 0.717) is 16.9 Å². The van der Waals surface area contributed by atoms with Crippen LogP contribution in [0.3, 0.4) is 0 Å². The van der Waals surface area contributed by atoms with Gasteiger partial charge in [0.1, 0.15) is 5.82 Å². The maximum Gasteiger partial charge on any atom is 0.250 e. The Morgan fingerprint density at radius 1 is 1.08 bits per heavy atom. The number of halogens is 1. The van der Waals surface area contributed by atoms with Gasteiger partial charge in [-0.2, -0.15) is 0 Å². The molecule has 0 bridgehead atoms. The van der Waals surface area contributed by atoms with Crippen LogP contribution in [-0.2, 0) is 6.54 Å². The molecule has 0 fully saturated rings. The molecule has 0 saturated heterocycles. The van der Waals surface area contributed by atoms with Crippen LogP contribution in [0.25, 0.3) is 5.69 Å². The summed E-state index contributed by atoms with van der Waals surface area (Å²) < 4.78 is 17.2. The van der Waals surface area contributed by atoms with Gasteiger partial charge in [0, 0.05) is 29.2 Å². The Bertz CT molecular complexity index is 969. The summed E-state index contributed by atoms with van der Waals surface area (Å²) in [7, 11) is 0. The molecule has 0 atom stereocenters. The van der Waals surface area contributed by atoms with Crippen LogP contribution in [0.2, 0.25) is 0 Å². The quantitative estimate of drug-likeness (QED) is 0.691. The summed E-state index contributed by atoms with van der Waals surface area (Å²) in [5.74, 6) is -0.531. The number of para-hydroxylation sites is 1. The summed E-state index contributed by atoms with van der Waals surface area (Å²) >= 11 is 0. The first-order valence-corrected chi connectivity index (χ1v) is 7.61. The van der Waals surface area contributed by atoms with Gasteiger partial charge in [0.15, 0.2) is 5.78 Å². The number of hydrogen-bond acceptors (Lipinski definition) is 2. The zero-order chi connectivity index (χ0) is 17.3. The fourth-order valence-corrected chi connectivity index (χ4v) is 2.88. The lowest BCUT2D eigenvalue weighted by Crippen LogP contribution is -2.22. The molecule has 1 aromatic carbocycles. The van der Waals surface area contributed by atoms with E-state index in [1.807, 2.05) is 6.92 Å². The smallest absolute Gasteiger partial charge is 0.250 e. The van der Waals surface area contributed by atoms with Gasteiger partial charge in [-0.1, -0.05) is 18.2 Å². The van der Waals surface area contributed by atoms with Gasteiger partial charge in [0.25, 0.3) is 5.56 Å². The second-order valence-corrected chi connectivity index (χ2v) is 5.66. The van der Waals surface area contributed by atoms with E-state index in [1.54, 1.807) is 54.1 Å². The molecule has 0 radical (unpaired) electrons. The van der Waals surface area contributed by atoms with Crippen molar-refractivity contribution in [2.75, 3.05) is 0 Å². The second-order valence-electron chi connectivity index (χ2n) is 5.66. The van der Waals surface area contributed by atoms with Crippen LogP contribution in [0.1, 0.15) is 21.7 Å². The van der Waals surface area contributed by atoms with E-state index >= 15 is 0 Å². The number of nitrogens with zero attached hydrogens (tertiary/aromatic N) is 2. The summed E-state index contributed by atoms with van der Waals surface area (Å²) in [4.78, 5) is 24.4. The minimum atomic E-state index is -0.349. The van der Waals surface area contributed by atoms with Crippen LogP contribution in [0.5, 0.6) is 0 Å². The van der Waals surface area contributed by atoms with E-state index in [1.165, 1.54) is 16.7 Å². The molecule has 0 aliphatic heterocycles. The van der Waals surface area contributed by atoms with Crippen molar-refractivity contribution < 1.29 is 9.18 Å². The summed E-state index contributed by atoms with van der Waals surface area (Å²) in [5.41, 5.74) is 2.09. The lowest BCUT2D eigenvalue weighted by molar-refractivity contribution is 0.0970. The largest absolute Gasteiger partial charge is 0.315 e. The molecule has 0 saturated carbocycles. The first-order valence-electron chi connectivity index (χ1n) is 7.61. The molecule has 0 spiro atoms. The lowest BCUT2D eigenvalue weighted by atomic mass is 10.1. The van der Waals surface area contributed by atoms with Crippen LogP contribution in [-0.4, -0.2) is 14.9 Å². The molecule has 4 nitrogen and oxygen atoms in total. The van der Waals surface area contributed by atoms with Gasteiger partial charge in [-0.25, -0.2) is 4.39 Å². The highest BCUT2D eigenvalue weighted by molar-refractivity contribution is 5.97. The number of aromatic nitrogens is 2. The second kappa shape index (κ2) is 6.28. The summed E-state index contributed by atoms with van der Waals surface area (Å²) in [6, 6.07) is 12.9. The Morgan fingerprint density at radius 3 is 2.50 bits per heavy atom. The number of ketones is 1. The Kier molecular flexibility index (Phi) is 4.16. The highest BCUT2D eigenvalue weighted by Gasteiger charge is 2.18. The molecule has 5 heteroatoms. The van der Waals surface area contributed by atoms with E-state index in [4.69, 9.17) is 0 Å². The fourth-order valence-electron chi connectivity index (χ4n) is 2.88. The van der Waals surface area contributed by atoms with Crippen molar-refractivity contribution in [1.29, 1.82) is 0 Å². The monoisotopic (exact) mass is 324 g/mol. The van der Waals surface area contributed by atoms with Crippen molar-refractivity contribution in [1.82, 2.24) is 9.13 Å². The molecule has 0 aliphatic rings. The van der Waals surface area contributed by atoms with Gasteiger partial charge < -0.3 is 9.13 Å². The molecular formula is C19H17FN2O2. The molecule has 0 unspecified atom stereocenters. The SMILES string of the molecule is Cc1cc(C(=O)Cn2ccccc2=O)c(C)n1-c1ccccc1F. The average Bonchev–Trinajstić information content (AvgIpc) is 2.85. The molecule has 2 heterocycles. The topological polar surface area (TPSA) is 44.0 Å². The first-order chi connectivity index (χ1) is 11.5. The number of hydrogen-bond donors (Lipinski definition) is 0. The van der Waals surface area contributed by atoms with Gasteiger partial charge in [-0.3, -0.25) is 9.59 Å². The Labute approximate surface area is 138 Å². The third-order valence-corrected chi connectivity index (χ3v) is 4.04. The zero-order valence-corrected chi connectivity index (χ0v) is 13.5. The molecule has 2 aromatic heterocycles. The molecule has 0 N–H and O–H groups in total. The molecule has 0 amide bonds. The fraction of sp³-hybridized carbons (Fsp3) is 0.158. The van der Waals surface area contributed by atoms with Crippen molar-refractivity contribution in [3.63, 3.8) is 0 Å². The van der Waals surface area contributed by atoms with Crippen LogP contribution < -0.4 is 5.56 Å². The van der Waals surface area contributed by atoms with E-state index < -0.39 is 0 Å². The number of aryl methyl sites for hydroxylation is 1. The first kappa shape index (κ1) is 15.9. The molecule has 3 aromatic rings. The van der Waals surface area contributed by atoms with Crippen molar-refractivity contribution >= 4 is 5.78 Å². The number of rotatable bonds is 4. The highest BCUT2D eigenvalue weighted by Crippen LogP contribution is 2.23. The lowest BCUT2D eigenvalue weighted by Gasteiger charge is -2.11. The van der Waals surface area contributed by atoms with Crippen LogP contribution >= 0.6 is 0 Å². The number of carbonyl (C=O) groups excluding carboxylic acids is 1. The van der Waals surface area contributed by atoms with E-state index in [2.05, 4.69) is 0 Å². The van der Waals surface area contributed by atoms with Gasteiger partial charge in [0.05, 0.1) is 12.2 Å². The molecule has 0 aliphatic carbocycles. The van der Waals surface area contributed by atoms with Crippen LogP contribution in [0.4, 0.5) is 4.39 Å². The predicted octanol–water partition coefficient (Wildman–Crippen LogP) is 3.28. The predicted molar refractivity (Wildman–Crippen MR) is 90.2 cm³/mol. The van der Waals surface area contributed by atoms with Crippen LogP contribution in [0, 0.1) is 19.7 Å². The third-order valence-electron chi connectivity index (χ3n) is 4.04. The molecule has 24 heavy (non-hydrogen) atoms. The summed E-state index contributed by atoms with van der Waals surface area (Å²) in [6.45, 7) is 3.56. The Hall–Kier alpha value is -2.95. The Balaban J connectivity index is 2.00. The minimum absolute atomic E-state index is 0.0404. The van der Waals surface area contributed by atoms with Crippen molar-refractivity contribution in [2.24, 2.45) is 0 Å². The number of carbonyl (C=O) groups is 1. The van der Waals surface area contributed by atoms with Crippen LogP contribution in [0.15, 0.2) is 59.5 Å². The number of benzene rings is 1. The standard InChI is InChI=1S/C19H17FN2O2/c1-13-11-15(18(23)12-21-10-6-5-9-19(21)24)14(2)22(13)17-8-4-3-7-16(17)20/h3-11H,12H2,1-2H3. The van der Waals surface area contributed by atoms with E-state index in [-0.39, 0.29) is 23.7 Å². The van der Waals surface area contributed by atoms with Gasteiger partial charge >= 0.3 is 0 Å². The molecular weight excluding hydrogens is 307 g/mol. The highest BCUT2D eigenvalue weighted by atomic mass is 19.1.